The van der Waals surface area contributed by atoms with Crippen molar-refractivity contribution < 1.29 is 13.2 Å². The van der Waals surface area contributed by atoms with Crippen molar-refractivity contribution in [2.75, 3.05) is 11.9 Å². The monoisotopic (exact) mass is 296 g/mol. The molecule has 0 saturated heterocycles. The molecule has 7 heteroatoms. The zero-order valence-corrected chi connectivity index (χ0v) is 12.2. The molecule has 2 aromatic rings. The molecule has 0 aliphatic carbocycles. The van der Waals surface area contributed by atoms with Crippen LogP contribution in [0.4, 0.5) is 20.5 Å². The molecule has 1 unspecified atom stereocenters. The number of halogens is 2. The Kier molecular flexibility index (Phi) is 4.85. The lowest BCUT2D eigenvalue weighted by Gasteiger charge is -2.08. The van der Waals surface area contributed by atoms with Crippen LogP contribution in [-0.2, 0) is 0 Å². The minimum absolute atomic E-state index is 0.0430. The highest BCUT2D eigenvalue weighted by Crippen LogP contribution is 2.25. The molecule has 0 bridgehead atoms. The van der Waals surface area contributed by atoms with E-state index in [4.69, 9.17) is 4.42 Å². The van der Waals surface area contributed by atoms with E-state index in [0.717, 1.165) is 13.0 Å². The molecule has 114 valence electrons. The van der Waals surface area contributed by atoms with Crippen LogP contribution in [0, 0.1) is 18.6 Å². The molecule has 0 aliphatic rings. The molecule has 0 saturated carbocycles. The third kappa shape index (κ3) is 3.55. The SMILES string of the molecule is CCCNC(C)c1nnc(Nc2c(F)ccc(C)c2F)o1. The number of aryl methyl sites for hydroxylation is 1. The average molecular weight is 296 g/mol. The molecule has 2 N–H and O–H groups in total. The van der Waals surface area contributed by atoms with Crippen LogP contribution in [-0.4, -0.2) is 16.7 Å². The molecular formula is C14H18F2N4O. The fourth-order valence-electron chi connectivity index (χ4n) is 1.79. The molecule has 1 atom stereocenters. The molecule has 0 radical (unpaired) electrons. The van der Waals surface area contributed by atoms with Crippen molar-refractivity contribution in [1.82, 2.24) is 15.5 Å². The van der Waals surface area contributed by atoms with Gasteiger partial charge in [-0.1, -0.05) is 18.1 Å². The lowest BCUT2D eigenvalue weighted by molar-refractivity contribution is 0.424. The van der Waals surface area contributed by atoms with E-state index < -0.39 is 11.6 Å². The predicted molar refractivity (Wildman–Crippen MR) is 75.4 cm³/mol. The average Bonchev–Trinajstić information content (AvgIpc) is 2.94. The minimum Gasteiger partial charge on any atom is -0.406 e. The number of hydrogen-bond acceptors (Lipinski definition) is 5. The highest BCUT2D eigenvalue weighted by atomic mass is 19.1. The number of nitrogens with one attached hydrogen (secondary N) is 2. The van der Waals surface area contributed by atoms with E-state index in [9.17, 15) is 8.78 Å². The number of hydrogen-bond donors (Lipinski definition) is 2. The summed E-state index contributed by atoms with van der Waals surface area (Å²) in [5.41, 5.74) is 0.0380. The standard InChI is InChI=1S/C14H18F2N4O/c1-4-7-17-9(3)13-19-20-14(21-13)18-12-10(15)6-5-8(2)11(12)16/h5-6,9,17H,4,7H2,1-3H3,(H,18,20). The van der Waals surface area contributed by atoms with Gasteiger partial charge in [0.05, 0.1) is 6.04 Å². The molecule has 0 amide bonds. The van der Waals surface area contributed by atoms with Gasteiger partial charge in [-0.25, -0.2) is 8.78 Å². The largest absolute Gasteiger partial charge is 0.406 e. The van der Waals surface area contributed by atoms with Gasteiger partial charge in [0, 0.05) is 0 Å². The van der Waals surface area contributed by atoms with E-state index in [1.807, 2.05) is 13.8 Å². The number of rotatable bonds is 6. The van der Waals surface area contributed by atoms with Gasteiger partial charge >= 0.3 is 6.01 Å². The molecule has 5 nitrogen and oxygen atoms in total. The summed E-state index contributed by atoms with van der Waals surface area (Å²) >= 11 is 0. The maximum absolute atomic E-state index is 13.9. The molecular weight excluding hydrogens is 278 g/mol. The van der Waals surface area contributed by atoms with Gasteiger partial charge < -0.3 is 15.1 Å². The third-order valence-corrected chi connectivity index (χ3v) is 3.03. The van der Waals surface area contributed by atoms with Crippen LogP contribution < -0.4 is 10.6 Å². The van der Waals surface area contributed by atoms with E-state index in [1.165, 1.54) is 12.1 Å². The Morgan fingerprint density at radius 2 is 2.05 bits per heavy atom. The van der Waals surface area contributed by atoms with Gasteiger partial charge in [-0.15, -0.1) is 5.10 Å². The summed E-state index contributed by atoms with van der Waals surface area (Å²) in [5.74, 6) is -1.03. The Bertz CT molecular complexity index is 615. The Morgan fingerprint density at radius 3 is 2.76 bits per heavy atom. The second kappa shape index (κ2) is 6.62. The molecule has 21 heavy (non-hydrogen) atoms. The van der Waals surface area contributed by atoms with Gasteiger partial charge in [0.1, 0.15) is 11.5 Å². The first kappa shape index (κ1) is 15.4. The van der Waals surface area contributed by atoms with Gasteiger partial charge in [0.25, 0.3) is 0 Å². The Balaban J connectivity index is 2.15. The van der Waals surface area contributed by atoms with E-state index >= 15 is 0 Å². The van der Waals surface area contributed by atoms with Gasteiger partial charge in [-0.2, -0.15) is 0 Å². The summed E-state index contributed by atoms with van der Waals surface area (Å²) in [6, 6.07) is 2.38. The van der Waals surface area contributed by atoms with Gasteiger partial charge in [0.2, 0.25) is 5.89 Å². The van der Waals surface area contributed by atoms with Crippen molar-refractivity contribution >= 4 is 11.7 Å². The van der Waals surface area contributed by atoms with Crippen molar-refractivity contribution in [2.45, 2.75) is 33.2 Å². The zero-order chi connectivity index (χ0) is 15.4. The lowest BCUT2D eigenvalue weighted by atomic mass is 10.2. The number of anilines is 2. The predicted octanol–water partition coefficient (Wildman–Crippen LogP) is 3.46. The van der Waals surface area contributed by atoms with Crippen molar-refractivity contribution in [2.24, 2.45) is 0 Å². The fraction of sp³-hybridized carbons (Fsp3) is 0.429. The minimum atomic E-state index is -0.713. The van der Waals surface area contributed by atoms with Crippen molar-refractivity contribution in [1.29, 1.82) is 0 Å². The normalized spacial score (nSPS) is 12.4. The van der Waals surface area contributed by atoms with Crippen LogP contribution in [0.3, 0.4) is 0 Å². The van der Waals surface area contributed by atoms with Gasteiger partial charge in [-0.05, 0) is 38.4 Å². The quantitative estimate of drug-likeness (QED) is 0.854. The zero-order valence-electron chi connectivity index (χ0n) is 12.2. The summed E-state index contributed by atoms with van der Waals surface area (Å²) < 4.78 is 32.9. The molecule has 1 heterocycles. The van der Waals surface area contributed by atoms with Crippen LogP contribution in [0.1, 0.15) is 37.8 Å². The summed E-state index contributed by atoms with van der Waals surface area (Å²) in [6.45, 7) is 6.29. The molecule has 0 fully saturated rings. The smallest absolute Gasteiger partial charge is 0.320 e. The van der Waals surface area contributed by atoms with E-state index in [0.29, 0.717) is 11.5 Å². The Morgan fingerprint density at radius 1 is 1.29 bits per heavy atom. The van der Waals surface area contributed by atoms with Crippen molar-refractivity contribution in [3.8, 4) is 0 Å². The Hall–Kier alpha value is -2.02. The fourth-order valence-corrected chi connectivity index (χ4v) is 1.79. The summed E-state index contributed by atoms with van der Waals surface area (Å²) in [6.07, 6.45) is 0.975. The van der Waals surface area contributed by atoms with Crippen LogP contribution in [0.25, 0.3) is 0 Å². The van der Waals surface area contributed by atoms with E-state index in [-0.39, 0.29) is 17.7 Å². The third-order valence-electron chi connectivity index (χ3n) is 3.03. The van der Waals surface area contributed by atoms with Crippen LogP contribution in [0.2, 0.25) is 0 Å². The van der Waals surface area contributed by atoms with E-state index in [1.54, 1.807) is 6.92 Å². The highest BCUT2D eigenvalue weighted by molar-refractivity contribution is 5.55. The first-order valence-electron chi connectivity index (χ1n) is 6.81. The second-order valence-electron chi connectivity index (χ2n) is 4.80. The number of aromatic nitrogens is 2. The molecule has 1 aromatic heterocycles. The summed E-state index contributed by atoms with van der Waals surface area (Å²) in [7, 11) is 0. The van der Waals surface area contributed by atoms with Crippen LogP contribution >= 0.6 is 0 Å². The molecule has 0 spiro atoms. The molecule has 1 aromatic carbocycles. The maximum Gasteiger partial charge on any atom is 0.320 e. The van der Waals surface area contributed by atoms with Crippen LogP contribution in [0.15, 0.2) is 16.5 Å². The van der Waals surface area contributed by atoms with Crippen molar-refractivity contribution in [3.63, 3.8) is 0 Å². The summed E-state index contributed by atoms with van der Waals surface area (Å²) in [5, 5.41) is 13.3. The first-order valence-corrected chi connectivity index (χ1v) is 6.81. The summed E-state index contributed by atoms with van der Waals surface area (Å²) in [4.78, 5) is 0. The topological polar surface area (TPSA) is 63.0 Å². The molecule has 0 aliphatic heterocycles. The number of benzene rings is 1. The van der Waals surface area contributed by atoms with Gasteiger partial charge in [0.15, 0.2) is 5.82 Å². The molecule has 2 rings (SSSR count). The number of nitrogens with zero attached hydrogens (tertiary/aromatic N) is 2. The lowest BCUT2D eigenvalue weighted by Crippen LogP contribution is -2.19. The first-order chi connectivity index (χ1) is 10.0. The maximum atomic E-state index is 13.9. The second-order valence-corrected chi connectivity index (χ2v) is 4.80. The Labute approximate surface area is 121 Å². The van der Waals surface area contributed by atoms with E-state index in [2.05, 4.69) is 20.8 Å². The van der Waals surface area contributed by atoms with Gasteiger partial charge in [-0.3, -0.25) is 0 Å². The van der Waals surface area contributed by atoms with Crippen LogP contribution in [0.5, 0.6) is 0 Å². The highest BCUT2D eigenvalue weighted by Gasteiger charge is 2.17. The van der Waals surface area contributed by atoms with Crippen molar-refractivity contribution in [3.05, 3.63) is 35.2 Å².